The maximum Gasteiger partial charge on any atom is 0.0594 e. The molecule has 0 aromatic heterocycles. The lowest BCUT2D eigenvalue weighted by atomic mass is 9.81. The second-order valence-corrected chi connectivity index (χ2v) is 6.73. The van der Waals surface area contributed by atoms with Gasteiger partial charge in [0.15, 0.2) is 0 Å². The molecule has 2 aliphatic rings. The zero-order valence-electron chi connectivity index (χ0n) is 13.1. The molecule has 2 fully saturated rings. The fraction of sp³-hybridized carbons (Fsp3) is 1.00. The summed E-state index contributed by atoms with van der Waals surface area (Å²) in [6.45, 7) is 12.3. The van der Waals surface area contributed by atoms with Gasteiger partial charge in [0.25, 0.3) is 0 Å². The molecular formula is C16H32N2O. The maximum absolute atomic E-state index is 5.52. The van der Waals surface area contributed by atoms with Crippen molar-refractivity contribution < 1.29 is 4.74 Å². The molecule has 1 atom stereocenters. The highest BCUT2D eigenvalue weighted by atomic mass is 16.5. The van der Waals surface area contributed by atoms with Gasteiger partial charge >= 0.3 is 0 Å². The Morgan fingerprint density at radius 3 is 2.42 bits per heavy atom. The summed E-state index contributed by atoms with van der Waals surface area (Å²) in [6, 6.07) is 0.632. The van der Waals surface area contributed by atoms with Crippen molar-refractivity contribution >= 4 is 0 Å². The van der Waals surface area contributed by atoms with Gasteiger partial charge in [-0.05, 0) is 45.6 Å². The summed E-state index contributed by atoms with van der Waals surface area (Å²) >= 11 is 0. The first-order valence-corrected chi connectivity index (χ1v) is 8.22. The van der Waals surface area contributed by atoms with Gasteiger partial charge in [0.05, 0.1) is 13.2 Å². The van der Waals surface area contributed by atoms with Crippen LogP contribution in [-0.4, -0.2) is 49.3 Å². The van der Waals surface area contributed by atoms with Gasteiger partial charge in [0.2, 0.25) is 0 Å². The number of hydrogen-bond acceptors (Lipinski definition) is 3. The van der Waals surface area contributed by atoms with Gasteiger partial charge in [-0.1, -0.05) is 19.8 Å². The Kier molecular flexibility index (Phi) is 5.67. The zero-order valence-corrected chi connectivity index (χ0v) is 13.1. The minimum absolute atomic E-state index is 0.244. The fourth-order valence-electron chi connectivity index (χ4n) is 3.92. The molecule has 0 aromatic rings. The first kappa shape index (κ1) is 15.3. The lowest BCUT2D eigenvalue weighted by Gasteiger charge is -2.48. The van der Waals surface area contributed by atoms with E-state index in [0.717, 1.165) is 38.8 Å². The fourth-order valence-corrected chi connectivity index (χ4v) is 3.92. The number of rotatable bonds is 6. The van der Waals surface area contributed by atoms with Crippen molar-refractivity contribution in [3.63, 3.8) is 0 Å². The van der Waals surface area contributed by atoms with Crippen LogP contribution in [0.5, 0.6) is 0 Å². The third kappa shape index (κ3) is 3.71. The second-order valence-electron chi connectivity index (χ2n) is 6.73. The van der Waals surface area contributed by atoms with Gasteiger partial charge < -0.3 is 10.1 Å². The topological polar surface area (TPSA) is 24.5 Å². The van der Waals surface area contributed by atoms with E-state index < -0.39 is 0 Å². The predicted octanol–water partition coefficient (Wildman–Crippen LogP) is 2.66. The van der Waals surface area contributed by atoms with Gasteiger partial charge in [-0.3, -0.25) is 4.90 Å². The molecule has 0 aromatic carbocycles. The quantitative estimate of drug-likeness (QED) is 0.801. The Hall–Kier alpha value is -0.120. The summed E-state index contributed by atoms with van der Waals surface area (Å²) in [7, 11) is 0. The normalized spacial score (nSPS) is 24.8. The molecule has 19 heavy (non-hydrogen) atoms. The van der Waals surface area contributed by atoms with Crippen molar-refractivity contribution in [1.29, 1.82) is 0 Å². The summed E-state index contributed by atoms with van der Waals surface area (Å²) in [4.78, 5) is 2.64. The SMILES string of the molecule is CCCNC(C1CCCC1)C(C)(C)N1CCOCC1. The Morgan fingerprint density at radius 1 is 1.21 bits per heavy atom. The van der Waals surface area contributed by atoms with Crippen LogP contribution in [0, 0.1) is 5.92 Å². The number of nitrogens with one attached hydrogen (secondary N) is 1. The molecule has 1 saturated carbocycles. The van der Waals surface area contributed by atoms with Gasteiger partial charge in [-0.25, -0.2) is 0 Å². The molecule has 1 aliphatic heterocycles. The van der Waals surface area contributed by atoms with Crippen LogP contribution in [0.3, 0.4) is 0 Å². The maximum atomic E-state index is 5.52. The molecule has 1 heterocycles. The van der Waals surface area contributed by atoms with Crippen LogP contribution in [0.25, 0.3) is 0 Å². The Labute approximate surface area is 119 Å². The Bertz CT molecular complexity index is 255. The molecule has 0 bridgehead atoms. The van der Waals surface area contributed by atoms with Crippen molar-refractivity contribution in [2.45, 2.75) is 64.5 Å². The van der Waals surface area contributed by atoms with Crippen molar-refractivity contribution in [3.8, 4) is 0 Å². The molecule has 1 unspecified atom stereocenters. The minimum Gasteiger partial charge on any atom is -0.379 e. The summed E-state index contributed by atoms with van der Waals surface area (Å²) in [5.41, 5.74) is 0.244. The van der Waals surface area contributed by atoms with E-state index in [1.807, 2.05) is 0 Å². The van der Waals surface area contributed by atoms with E-state index in [4.69, 9.17) is 4.74 Å². The average molecular weight is 268 g/mol. The highest BCUT2D eigenvalue weighted by molar-refractivity contribution is 4.99. The summed E-state index contributed by atoms with van der Waals surface area (Å²) in [5.74, 6) is 0.865. The predicted molar refractivity (Wildman–Crippen MR) is 80.5 cm³/mol. The molecule has 0 radical (unpaired) electrons. The van der Waals surface area contributed by atoms with E-state index in [1.165, 1.54) is 32.1 Å². The van der Waals surface area contributed by atoms with Crippen LogP contribution in [0.2, 0.25) is 0 Å². The van der Waals surface area contributed by atoms with Gasteiger partial charge in [-0.15, -0.1) is 0 Å². The third-order valence-corrected chi connectivity index (χ3v) is 5.07. The molecule has 112 valence electrons. The molecule has 0 spiro atoms. The van der Waals surface area contributed by atoms with Gasteiger partial charge in [-0.2, -0.15) is 0 Å². The highest BCUT2D eigenvalue weighted by Crippen LogP contribution is 2.35. The lowest BCUT2D eigenvalue weighted by Crippen LogP contribution is -2.62. The number of nitrogens with zero attached hydrogens (tertiary/aromatic N) is 1. The molecule has 1 aliphatic carbocycles. The van der Waals surface area contributed by atoms with Crippen LogP contribution in [0.4, 0.5) is 0 Å². The van der Waals surface area contributed by atoms with E-state index in [1.54, 1.807) is 0 Å². The summed E-state index contributed by atoms with van der Waals surface area (Å²) in [5, 5.41) is 3.87. The lowest BCUT2D eigenvalue weighted by molar-refractivity contribution is -0.0313. The average Bonchev–Trinajstić information content (AvgIpc) is 2.94. The van der Waals surface area contributed by atoms with Crippen molar-refractivity contribution in [3.05, 3.63) is 0 Å². The molecule has 3 heteroatoms. The Balaban J connectivity index is 2.04. The largest absolute Gasteiger partial charge is 0.379 e. The van der Waals surface area contributed by atoms with Crippen LogP contribution in [-0.2, 0) is 4.74 Å². The third-order valence-electron chi connectivity index (χ3n) is 5.07. The Morgan fingerprint density at radius 2 is 1.84 bits per heavy atom. The second kappa shape index (κ2) is 7.05. The standard InChI is InChI=1S/C16H32N2O/c1-4-9-17-15(14-7-5-6-8-14)16(2,3)18-10-12-19-13-11-18/h14-15,17H,4-13H2,1-3H3. The zero-order chi connectivity index (χ0) is 13.7. The molecule has 1 saturated heterocycles. The molecule has 2 rings (SSSR count). The number of morpholine rings is 1. The smallest absolute Gasteiger partial charge is 0.0594 e. The van der Waals surface area contributed by atoms with Crippen molar-refractivity contribution in [2.75, 3.05) is 32.8 Å². The van der Waals surface area contributed by atoms with E-state index in [-0.39, 0.29) is 5.54 Å². The number of hydrogen-bond donors (Lipinski definition) is 1. The van der Waals surface area contributed by atoms with Crippen molar-refractivity contribution in [1.82, 2.24) is 10.2 Å². The van der Waals surface area contributed by atoms with Crippen LogP contribution < -0.4 is 5.32 Å². The van der Waals surface area contributed by atoms with E-state index in [2.05, 4.69) is 31.0 Å². The molecule has 1 N–H and O–H groups in total. The van der Waals surface area contributed by atoms with Crippen LogP contribution in [0.15, 0.2) is 0 Å². The summed E-state index contributed by atoms with van der Waals surface area (Å²) < 4.78 is 5.52. The van der Waals surface area contributed by atoms with Gasteiger partial charge in [0, 0.05) is 24.7 Å². The van der Waals surface area contributed by atoms with E-state index >= 15 is 0 Å². The molecule has 0 amide bonds. The first-order valence-electron chi connectivity index (χ1n) is 8.22. The monoisotopic (exact) mass is 268 g/mol. The van der Waals surface area contributed by atoms with Crippen molar-refractivity contribution in [2.24, 2.45) is 5.92 Å². The van der Waals surface area contributed by atoms with Crippen LogP contribution in [0.1, 0.15) is 52.9 Å². The molecule has 3 nitrogen and oxygen atoms in total. The van der Waals surface area contributed by atoms with Gasteiger partial charge in [0.1, 0.15) is 0 Å². The minimum atomic E-state index is 0.244. The number of ether oxygens (including phenoxy) is 1. The summed E-state index contributed by atoms with van der Waals surface area (Å²) in [6.07, 6.45) is 6.90. The highest BCUT2D eigenvalue weighted by Gasteiger charge is 2.40. The van der Waals surface area contributed by atoms with E-state index in [0.29, 0.717) is 6.04 Å². The molecular weight excluding hydrogens is 236 g/mol. The first-order chi connectivity index (χ1) is 9.16. The van der Waals surface area contributed by atoms with Crippen LogP contribution >= 0.6 is 0 Å². The van der Waals surface area contributed by atoms with E-state index in [9.17, 15) is 0 Å².